The van der Waals surface area contributed by atoms with E-state index in [-0.39, 0.29) is 54.7 Å². The van der Waals surface area contributed by atoms with E-state index < -0.39 is 7.26 Å². The summed E-state index contributed by atoms with van der Waals surface area (Å²) in [4.78, 5) is 0. The first-order valence-electron chi connectivity index (χ1n) is 7.43. The molecule has 0 unspecified atom stereocenters. The van der Waals surface area contributed by atoms with Crippen LogP contribution in [0, 0.1) is 37.7 Å². The molecular weight excluding hydrogens is 391 g/mol. The minimum atomic E-state index is -1.53. The Morgan fingerprint density at radius 2 is 0.826 bits per heavy atom. The maximum Gasteiger partial charge on any atom is 0.111 e. The van der Waals surface area contributed by atoms with E-state index in [1.54, 1.807) is 0 Å². The average Bonchev–Trinajstić information content (AvgIpc) is 2.59. The van der Waals surface area contributed by atoms with Gasteiger partial charge in [-0.2, -0.15) is 0 Å². The van der Waals surface area contributed by atoms with E-state index in [2.05, 4.69) is 97.9 Å². The van der Waals surface area contributed by atoms with Gasteiger partial charge in [-0.15, -0.1) is 0 Å². The Morgan fingerprint density at radius 3 is 1.04 bits per heavy atom. The van der Waals surface area contributed by atoms with E-state index in [1.807, 2.05) is 0 Å². The zero-order valence-corrected chi connectivity index (χ0v) is 16.2. The molecule has 0 aliphatic heterocycles. The van der Waals surface area contributed by atoms with Gasteiger partial charge in [-0.25, -0.2) is 0 Å². The molecule has 0 nitrogen and oxygen atoms in total. The van der Waals surface area contributed by atoms with E-state index in [1.165, 1.54) is 15.9 Å². The first-order chi connectivity index (χ1) is 10.4. The normalized spacial score (nSPS) is 10.3. The van der Waals surface area contributed by atoms with Crippen molar-refractivity contribution in [1.82, 2.24) is 0 Å². The fraction of sp³-hybridized carbons (Fsp3) is 0.100. The summed E-state index contributed by atoms with van der Waals surface area (Å²) in [5, 5.41) is 4.39. The number of rotatable bonds is 4. The average molecular weight is 411 g/mol. The van der Waals surface area contributed by atoms with E-state index in [0.29, 0.717) is 0 Å². The third-order valence-corrected chi connectivity index (χ3v) is 8.55. The standard InChI is InChI=1S/C20H20P.Ar.BrH/c1-2-21(18-12-6-3-7-13-18,19-14-8-4-9-15-19)20-16-10-5-11-17-20;;/h3-17H,2H2,1H3;;1H/q+1;;/p-1. The minimum Gasteiger partial charge on any atom is -1.00 e. The second-order valence-corrected chi connectivity index (χ2v) is 8.93. The van der Waals surface area contributed by atoms with Crippen LogP contribution in [-0.2, 0) is 0 Å². The monoisotopic (exact) mass is 410 g/mol. The molecule has 0 heterocycles. The zero-order chi connectivity index (χ0) is 14.5. The van der Waals surface area contributed by atoms with Gasteiger partial charge in [0, 0.05) is 37.7 Å². The van der Waals surface area contributed by atoms with Gasteiger partial charge in [0.1, 0.15) is 23.2 Å². The first-order valence-corrected chi connectivity index (χ1v) is 9.40. The van der Waals surface area contributed by atoms with Gasteiger partial charge in [0.15, 0.2) is 0 Å². The van der Waals surface area contributed by atoms with Crippen LogP contribution in [0.3, 0.4) is 0 Å². The topological polar surface area (TPSA) is 0 Å². The van der Waals surface area contributed by atoms with Crippen molar-refractivity contribution in [2.45, 2.75) is 6.92 Å². The fourth-order valence-electron chi connectivity index (χ4n) is 3.04. The molecule has 0 bridgehead atoms. The molecule has 0 amide bonds. The number of halogens is 1. The van der Waals surface area contributed by atoms with Crippen LogP contribution < -0.4 is 32.9 Å². The molecule has 3 aromatic rings. The molecule has 0 aliphatic rings. The molecule has 23 heavy (non-hydrogen) atoms. The SMILES string of the molecule is CC[P+](c1ccccc1)(c1ccccc1)c1ccccc1.[Ar].[Br-]. The third-order valence-electron chi connectivity index (χ3n) is 4.07. The second kappa shape index (κ2) is 9.96. The minimum absolute atomic E-state index is 0. The molecule has 0 N–H and O–H groups in total. The largest absolute Gasteiger partial charge is 1.00 e. The Kier molecular flexibility index (Phi) is 9.04. The summed E-state index contributed by atoms with van der Waals surface area (Å²) in [6.07, 6.45) is 1.14. The number of hydrogen-bond donors (Lipinski definition) is 0. The first kappa shape index (κ1) is 20.9. The molecule has 3 aromatic carbocycles. The smallest absolute Gasteiger partial charge is 0.111 e. The number of hydrogen-bond acceptors (Lipinski definition) is 0. The van der Waals surface area contributed by atoms with E-state index in [0.717, 1.165) is 6.16 Å². The van der Waals surface area contributed by atoms with Crippen LogP contribution in [0.5, 0.6) is 0 Å². The van der Waals surface area contributed by atoms with Crippen LogP contribution in [0.4, 0.5) is 0 Å². The second-order valence-electron chi connectivity index (χ2n) is 5.13. The van der Waals surface area contributed by atoms with E-state index >= 15 is 0 Å². The van der Waals surface area contributed by atoms with Crippen LogP contribution in [-0.4, -0.2) is 6.16 Å². The van der Waals surface area contributed by atoms with E-state index in [4.69, 9.17) is 0 Å². The molecule has 3 heteroatoms. The van der Waals surface area contributed by atoms with Gasteiger partial charge in [-0.3, -0.25) is 0 Å². The summed E-state index contributed by atoms with van der Waals surface area (Å²) < 4.78 is 0. The molecule has 0 saturated heterocycles. The summed E-state index contributed by atoms with van der Waals surface area (Å²) >= 11 is 0. The maximum absolute atomic E-state index is 2.32. The predicted octanol–water partition coefficient (Wildman–Crippen LogP) is 1.00. The fourth-order valence-corrected chi connectivity index (χ4v) is 7.08. The molecule has 0 atom stereocenters. The summed E-state index contributed by atoms with van der Waals surface area (Å²) in [6, 6.07) is 33.0. The Bertz CT molecular complexity index is 590. The quantitative estimate of drug-likeness (QED) is 0.563. The van der Waals surface area contributed by atoms with Crippen molar-refractivity contribution < 1.29 is 54.7 Å². The molecule has 0 fully saturated rings. The molecular formula is C20H20ArBrP. The van der Waals surface area contributed by atoms with Crippen molar-refractivity contribution in [1.29, 1.82) is 0 Å². The van der Waals surface area contributed by atoms with Crippen molar-refractivity contribution in [2.24, 2.45) is 0 Å². The van der Waals surface area contributed by atoms with Gasteiger partial charge in [0.2, 0.25) is 0 Å². The van der Waals surface area contributed by atoms with Crippen molar-refractivity contribution in [3.05, 3.63) is 91.0 Å². The van der Waals surface area contributed by atoms with Gasteiger partial charge >= 0.3 is 0 Å². The van der Waals surface area contributed by atoms with Crippen LogP contribution >= 0.6 is 7.26 Å². The van der Waals surface area contributed by atoms with Gasteiger partial charge in [0.25, 0.3) is 0 Å². The Hall–Kier alpha value is -0.170. The molecule has 120 valence electrons. The van der Waals surface area contributed by atoms with Crippen molar-refractivity contribution in [3.63, 3.8) is 0 Å². The Balaban J connectivity index is 0.00000132. The molecule has 0 radical (unpaired) electrons. The van der Waals surface area contributed by atoms with Crippen LogP contribution in [0.25, 0.3) is 0 Å². The summed E-state index contributed by atoms with van der Waals surface area (Å²) in [5.74, 6) is 0. The van der Waals surface area contributed by atoms with Crippen LogP contribution in [0.1, 0.15) is 6.92 Å². The van der Waals surface area contributed by atoms with Gasteiger partial charge in [0.05, 0.1) is 6.16 Å². The molecule has 0 saturated carbocycles. The Labute approximate surface area is 180 Å². The zero-order valence-electron chi connectivity index (χ0n) is 13.0. The summed E-state index contributed by atoms with van der Waals surface area (Å²) in [7, 11) is -1.53. The van der Waals surface area contributed by atoms with Crippen molar-refractivity contribution in [2.75, 3.05) is 6.16 Å². The van der Waals surface area contributed by atoms with Crippen molar-refractivity contribution in [3.8, 4) is 0 Å². The molecule has 0 aromatic heterocycles. The molecule has 3 rings (SSSR count). The third kappa shape index (κ3) is 4.27. The molecule has 0 spiro atoms. The Morgan fingerprint density at radius 1 is 0.565 bits per heavy atom. The van der Waals surface area contributed by atoms with E-state index in [9.17, 15) is 0 Å². The van der Waals surface area contributed by atoms with Crippen LogP contribution in [0.2, 0.25) is 0 Å². The molecule has 0 aliphatic carbocycles. The summed E-state index contributed by atoms with van der Waals surface area (Å²) in [5.41, 5.74) is 0. The van der Waals surface area contributed by atoms with Gasteiger partial charge < -0.3 is 17.0 Å². The summed E-state index contributed by atoms with van der Waals surface area (Å²) in [6.45, 7) is 2.32. The van der Waals surface area contributed by atoms with Gasteiger partial charge in [-0.05, 0) is 43.3 Å². The number of benzene rings is 3. The van der Waals surface area contributed by atoms with Crippen LogP contribution in [0.15, 0.2) is 91.0 Å². The predicted molar refractivity (Wildman–Crippen MR) is 95.7 cm³/mol. The maximum atomic E-state index is 2.32. The van der Waals surface area contributed by atoms with Gasteiger partial charge in [-0.1, -0.05) is 54.6 Å². The van der Waals surface area contributed by atoms with Crippen molar-refractivity contribution >= 4 is 23.2 Å².